The topological polar surface area (TPSA) is 33.7 Å². The monoisotopic (exact) mass is 318 g/mol. The fourth-order valence-corrected chi connectivity index (χ4v) is 2.69. The van der Waals surface area contributed by atoms with Gasteiger partial charge in [-0.3, -0.25) is 4.90 Å². The third-order valence-corrected chi connectivity index (χ3v) is 3.78. The molecule has 1 aromatic rings. The molecule has 1 heterocycles. The van der Waals surface area contributed by atoms with Crippen molar-refractivity contribution < 1.29 is 22.6 Å². The Labute approximate surface area is 128 Å². The number of ether oxygens (including phenoxy) is 2. The van der Waals surface area contributed by atoms with Gasteiger partial charge in [-0.25, -0.2) is 0 Å². The van der Waals surface area contributed by atoms with Crippen molar-refractivity contribution in [3.63, 3.8) is 0 Å². The summed E-state index contributed by atoms with van der Waals surface area (Å²) in [7, 11) is 2.98. The standard InChI is InChI=1S/C15H21F3N2O2/c1-21-12-7-11(8-13(9-12)22-2)14(10-15(16,17)18)20-5-3-19-4-6-20/h7-9,14,19H,3-6,10H2,1-2H3/t14-/m0/s1. The van der Waals surface area contributed by atoms with E-state index in [4.69, 9.17) is 9.47 Å². The van der Waals surface area contributed by atoms with Crippen molar-refractivity contribution in [2.45, 2.75) is 18.6 Å². The molecule has 4 nitrogen and oxygen atoms in total. The molecular formula is C15H21F3N2O2. The smallest absolute Gasteiger partial charge is 0.390 e. The summed E-state index contributed by atoms with van der Waals surface area (Å²) in [6.07, 6.45) is -5.12. The van der Waals surface area contributed by atoms with Crippen LogP contribution in [0.4, 0.5) is 13.2 Å². The summed E-state index contributed by atoms with van der Waals surface area (Å²) < 4.78 is 49.4. The van der Waals surface area contributed by atoms with Crippen molar-refractivity contribution in [1.82, 2.24) is 10.2 Å². The number of hydrogen-bond donors (Lipinski definition) is 1. The fourth-order valence-electron chi connectivity index (χ4n) is 2.69. The normalized spacial score (nSPS) is 18.0. The summed E-state index contributed by atoms with van der Waals surface area (Å²) in [5.74, 6) is 0.994. The molecule has 1 atom stereocenters. The number of alkyl halides is 3. The van der Waals surface area contributed by atoms with Gasteiger partial charge in [-0.1, -0.05) is 0 Å². The highest BCUT2D eigenvalue weighted by molar-refractivity contribution is 5.40. The maximum Gasteiger partial charge on any atom is 0.390 e. The van der Waals surface area contributed by atoms with Gasteiger partial charge in [-0.15, -0.1) is 0 Å². The molecule has 0 saturated carbocycles. The van der Waals surface area contributed by atoms with Gasteiger partial charge < -0.3 is 14.8 Å². The first kappa shape index (κ1) is 16.9. The minimum Gasteiger partial charge on any atom is -0.497 e. The van der Waals surface area contributed by atoms with Gasteiger partial charge in [-0.05, 0) is 17.7 Å². The van der Waals surface area contributed by atoms with Crippen LogP contribution in [0.5, 0.6) is 11.5 Å². The largest absolute Gasteiger partial charge is 0.497 e. The second-order valence-corrected chi connectivity index (χ2v) is 5.27. The van der Waals surface area contributed by atoms with E-state index in [9.17, 15) is 13.2 Å². The molecule has 22 heavy (non-hydrogen) atoms. The minimum absolute atomic E-state index is 0.497. The van der Waals surface area contributed by atoms with E-state index in [1.54, 1.807) is 18.2 Å². The summed E-state index contributed by atoms with van der Waals surface area (Å²) in [5, 5.41) is 3.16. The van der Waals surface area contributed by atoms with E-state index in [0.29, 0.717) is 43.2 Å². The average molecular weight is 318 g/mol. The molecule has 2 rings (SSSR count). The lowest BCUT2D eigenvalue weighted by molar-refractivity contribution is -0.148. The van der Waals surface area contributed by atoms with Crippen LogP contribution >= 0.6 is 0 Å². The number of piperazine rings is 1. The Hall–Kier alpha value is -1.47. The lowest BCUT2D eigenvalue weighted by Crippen LogP contribution is -2.46. The minimum atomic E-state index is -4.23. The van der Waals surface area contributed by atoms with Crippen LogP contribution in [0.2, 0.25) is 0 Å². The molecule has 1 saturated heterocycles. The summed E-state index contributed by atoms with van der Waals surface area (Å²) in [4.78, 5) is 1.86. The number of benzene rings is 1. The molecular weight excluding hydrogens is 297 g/mol. The second kappa shape index (κ2) is 7.19. The highest BCUT2D eigenvalue weighted by atomic mass is 19.4. The Morgan fingerprint density at radius 1 is 1.09 bits per heavy atom. The molecule has 124 valence electrons. The lowest BCUT2D eigenvalue weighted by Gasteiger charge is -2.35. The predicted octanol–water partition coefficient (Wildman–Crippen LogP) is 2.60. The number of halogens is 3. The number of hydrogen-bond acceptors (Lipinski definition) is 4. The van der Waals surface area contributed by atoms with Crippen molar-refractivity contribution in [2.75, 3.05) is 40.4 Å². The number of nitrogens with zero attached hydrogens (tertiary/aromatic N) is 1. The molecule has 0 radical (unpaired) electrons. The van der Waals surface area contributed by atoms with E-state index in [2.05, 4.69) is 5.32 Å². The van der Waals surface area contributed by atoms with E-state index < -0.39 is 18.6 Å². The fraction of sp³-hybridized carbons (Fsp3) is 0.600. The maximum absolute atomic E-state index is 13.0. The van der Waals surface area contributed by atoms with E-state index >= 15 is 0 Å². The summed E-state index contributed by atoms with van der Waals surface area (Å²) in [5.41, 5.74) is 0.565. The zero-order valence-electron chi connectivity index (χ0n) is 12.7. The molecule has 0 unspecified atom stereocenters. The van der Waals surface area contributed by atoms with Gasteiger partial charge in [-0.2, -0.15) is 13.2 Å². The zero-order chi connectivity index (χ0) is 16.2. The quantitative estimate of drug-likeness (QED) is 0.905. The van der Waals surface area contributed by atoms with Crippen molar-refractivity contribution in [3.8, 4) is 11.5 Å². The summed E-state index contributed by atoms with van der Waals surface area (Å²) in [6, 6.07) is 4.24. The van der Waals surface area contributed by atoms with Crippen LogP contribution in [0, 0.1) is 0 Å². The Kier molecular flexibility index (Phi) is 5.52. The van der Waals surface area contributed by atoms with Crippen LogP contribution in [-0.2, 0) is 0 Å². The Balaban J connectivity index is 2.34. The van der Waals surface area contributed by atoms with Crippen LogP contribution in [0.15, 0.2) is 18.2 Å². The first-order chi connectivity index (χ1) is 10.4. The molecule has 1 aliphatic heterocycles. The van der Waals surface area contributed by atoms with E-state index in [0.717, 1.165) is 0 Å². The Morgan fingerprint density at radius 3 is 2.09 bits per heavy atom. The van der Waals surface area contributed by atoms with Crippen LogP contribution in [0.3, 0.4) is 0 Å². The van der Waals surface area contributed by atoms with Crippen molar-refractivity contribution in [2.24, 2.45) is 0 Å². The number of nitrogens with one attached hydrogen (secondary N) is 1. The van der Waals surface area contributed by atoms with Crippen molar-refractivity contribution in [3.05, 3.63) is 23.8 Å². The number of rotatable bonds is 5. The average Bonchev–Trinajstić information content (AvgIpc) is 2.52. The van der Waals surface area contributed by atoms with E-state index in [1.165, 1.54) is 14.2 Å². The first-order valence-electron chi connectivity index (χ1n) is 7.17. The zero-order valence-corrected chi connectivity index (χ0v) is 12.7. The third-order valence-electron chi connectivity index (χ3n) is 3.78. The summed E-state index contributed by atoms with van der Waals surface area (Å²) >= 11 is 0. The molecule has 0 aliphatic carbocycles. The van der Waals surface area contributed by atoms with Crippen molar-refractivity contribution >= 4 is 0 Å². The van der Waals surface area contributed by atoms with Gasteiger partial charge >= 0.3 is 6.18 Å². The van der Waals surface area contributed by atoms with E-state index in [-0.39, 0.29) is 0 Å². The van der Waals surface area contributed by atoms with Crippen molar-refractivity contribution in [1.29, 1.82) is 0 Å². The molecule has 1 fully saturated rings. The van der Waals surface area contributed by atoms with Crippen LogP contribution in [-0.4, -0.2) is 51.5 Å². The predicted molar refractivity (Wildman–Crippen MR) is 77.4 cm³/mol. The molecule has 0 spiro atoms. The van der Waals surface area contributed by atoms with Crippen LogP contribution < -0.4 is 14.8 Å². The molecule has 0 amide bonds. The van der Waals surface area contributed by atoms with Gasteiger partial charge in [0.1, 0.15) is 11.5 Å². The van der Waals surface area contributed by atoms with E-state index in [1.807, 2.05) is 4.90 Å². The molecule has 0 aromatic heterocycles. The number of methoxy groups -OCH3 is 2. The Bertz CT molecular complexity index is 466. The highest BCUT2D eigenvalue weighted by Gasteiger charge is 2.36. The highest BCUT2D eigenvalue weighted by Crippen LogP contribution is 2.37. The first-order valence-corrected chi connectivity index (χ1v) is 7.17. The SMILES string of the molecule is COc1cc(OC)cc([C@H](CC(F)(F)F)N2CCNCC2)c1. The summed E-state index contributed by atoms with van der Waals surface area (Å²) in [6.45, 7) is 2.55. The third kappa shape index (κ3) is 4.51. The molecule has 1 aromatic carbocycles. The van der Waals surface area contributed by atoms with Gasteiger partial charge in [0.15, 0.2) is 0 Å². The lowest BCUT2D eigenvalue weighted by atomic mass is 10.00. The Morgan fingerprint density at radius 2 is 1.64 bits per heavy atom. The van der Waals surface area contributed by atoms with Crippen LogP contribution in [0.1, 0.15) is 18.0 Å². The molecule has 1 N–H and O–H groups in total. The van der Waals surface area contributed by atoms with Gasteiger partial charge in [0.25, 0.3) is 0 Å². The molecule has 0 bridgehead atoms. The second-order valence-electron chi connectivity index (χ2n) is 5.27. The molecule has 7 heteroatoms. The molecule has 1 aliphatic rings. The van der Waals surface area contributed by atoms with Gasteiger partial charge in [0.2, 0.25) is 0 Å². The van der Waals surface area contributed by atoms with Crippen LogP contribution in [0.25, 0.3) is 0 Å². The maximum atomic E-state index is 13.0. The van der Waals surface area contributed by atoms with Gasteiger partial charge in [0, 0.05) is 38.3 Å². The van der Waals surface area contributed by atoms with Gasteiger partial charge in [0.05, 0.1) is 20.6 Å².